The van der Waals surface area contributed by atoms with E-state index in [-0.39, 0.29) is 5.88 Å². The van der Waals surface area contributed by atoms with E-state index < -0.39 is 0 Å². The lowest BCUT2D eigenvalue weighted by molar-refractivity contribution is 0.439. The highest BCUT2D eigenvalue weighted by molar-refractivity contribution is 6.31. The number of hydrogen-bond donors (Lipinski definition) is 1. The van der Waals surface area contributed by atoms with Gasteiger partial charge < -0.3 is 10.3 Å². The molecule has 0 radical (unpaired) electrons. The maximum Gasteiger partial charge on any atom is 0.232 e. The van der Waals surface area contributed by atoms with E-state index in [1.165, 1.54) is 0 Å². The van der Waals surface area contributed by atoms with Crippen molar-refractivity contribution < 1.29 is 4.52 Å². The van der Waals surface area contributed by atoms with Crippen LogP contribution in [0.1, 0.15) is 5.56 Å². The number of nitrogen functional groups attached to an aromatic ring is 1. The van der Waals surface area contributed by atoms with Crippen molar-refractivity contribution >= 4 is 17.5 Å². The number of benzene rings is 1. The lowest BCUT2D eigenvalue weighted by Crippen LogP contribution is -1.91. The van der Waals surface area contributed by atoms with Gasteiger partial charge in [0.05, 0.1) is 11.3 Å². The fraction of sp³-hybridized carbons (Fsp3) is 0.0667. The summed E-state index contributed by atoms with van der Waals surface area (Å²) in [5.74, 6) is 0.248. The quantitative estimate of drug-likeness (QED) is 0.774. The van der Waals surface area contributed by atoms with E-state index in [0.29, 0.717) is 16.3 Å². The van der Waals surface area contributed by atoms with E-state index in [1.54, 1.807) is 6.20 Å². The highest BCUT2D eigenvalue weighted by Gasteiger charge is 2.20. The van der Waals surface area contributed by atoms with Crippen LogP contribution in [-0.4, -0.2) is 10.1 Å². The number of aromatic nitrogens is 2. The summed E-state index contributed by atoms with van der Waals surface area (Å²) in [6.45, 7) is 1.94. The number of anilines is 1. The van der Waals surface area contributed by atoms with Crippen LogP contribution in [0.2, 0.25) is 5.02 Å². The largest absolute Gasteiger partial charge is 0.367 e. The van der Waals surface area contributed by atoms with E-state index in [0.717, 1.165) is 16.8 Å². The topological polar surface area (TPSA) is 64.9 Å². The Labute approximate surface area is 121 Å². The Hall–Kier alpha value is -2.33. The van der Waals surface area contributed by atoms with Gasteiger partial charge in [0.15, 0.2) is 0 Å². The van der Waals surface area contributed by atoms with E-state index >= 15 is 0 Å². The maximum atomic E-state index is 6.16. The molecule has 3 rings (SSSR count). The van der Waals surface area contributed by atoms with Crippen LogP contribution in [-0.2, 0) is 0 Å². The van der Waals surface area contributed by atoms with Crippen LogP contribution >= 0.6 is 11.6 Å². The molecule has 0 atom stereocenters. The molecular formula is C15H12ClN3O. The van der Waals surface area contributed by atoms with Gasteiger partial charge in [-0.25, -0.2) is 0 Å². The van der Waals surface area contributed by atoms with Gasteiger partial charge in [0.1, 0.15) is 5.69 Å². The fourth-order valence-corrected chi connectivity index (χ4v) is 2.28. The average Bonchev–Trinajstić information content (AvgIpc) is 2.84. The first-order chi connectivity index (χ1) is 9.68. The van der Waals surface area contributed by atoms with E-state index in [4.69, 9.17) is 21.9 Å². The second-order valence-electron chi connectivity index (χ2n) is 4.40. The first-order valence-corrected chi connectivity index (χ1v) is 6.48. The smallest absolute Gasteiger partial charge is 0.232 e. The molecule has 0 bridgehead atoms. The highest BCUT2D eigenvalue weighted by atomic mass is 35.5. The molecule has 4 nitrogen and oxygen atoms in total. The second kappa shape index (κ2) is 4.98. The van der Waals surface area contributed by atoms with Crippen LogP contribution in [0.3, 0.4) is 0 Å². The Morgan fingerprint density at radius 1 is 1.15 bits per heavy atom. The zero-order valence-corrected chi connectivity index (χ0v) is 11.6. The monoisotopic (exact) mass is 285 g/mol. The summed E-state index contributed by atoms with van der Waals surface area (Å²) in [6, 6.07) is 11.3. The molecule has 100 valence electrons. The van der Waals surface area contributed by atoms with E-state index in [9.17, 15) is 0 Å². The Morgan fingerprint density at radius 3 is 2.75 bits per heavy atom. The van der Waals surface area contributed by atoms with Crippen LogP contribution in [0, 0.1) is 6.92 Å². The third-order valence-corrected chi connectivity index (χ3v) is 3.57. The molecule has 0 unspecified atom stereocenters. The van der Waals surface area contributed by atoms with Crippen LogP contribution < -0.4 is 5.73 Å². The van der Waals surface area contributed by atoms with Crippen LogP contribution in [0.15, 0.2) is 47.1 Å². The molecule has 1 aromatic carbocycles. The summed E-state index contributed by atoms with van der Waals surface area (Å²) in [7, 11) is 0. The second-order valence-corrected chi connectivity index (χ2v) is 4.81. The molecule has 5 heteroatoms. The van der Waals surface area contributed by atoms with E-state index in [1.807, 2.05) is 43.3 Å². The Balaban J connectivity index is 2.24. The van der Waals surface area contributed by atoms with Gasteiger partial charge in [-0.2, -0.15) is 0 Å². The molecule has 0 aliphatic heterocycles. The van der Waals surface area contributed by atoms with Crippen molar-refractivity contribution in [2.24, 2.45) is 0 Å². The van der Waals surface area contributed by atoms with Gasteiger partial charge in [0.2, 0.25) is 5.88 Å². The minimum absolute atomic E-state index is 0.248. The van der Waals surface area contributed by atoms with E-state index in [2.05, 4.69) is 10.1 Å². The molecule has 0 aliphatic rings. The van der Waals surface area contributed by atoms with Gasteiger partial charge in [0.25, 0.3) is 0 Å². The lowest BCUT2D eigenvalue weighted by atomic mass is 10.0. The average molecular weight is 286 g/mol. The molecule has 20 heavy (non-hydrogen) atoms. The highest BCUT2D eigenvalue weighted by Crippen LogP contribution is 2.37. The zero-order chi connectivity index (χ0) is 14.1. The van der Waals surface area contributed by atoms with Crippen molar-refractivity contribution in [3.05, 3.63) is 53.2 Å². The van der Waals surface area contributed by atoms with Crippen LogP contribution in [0.4, 0.5) is 5.88 Å². The van der Waals surface area contributed by atoms with Gasteiger partial charge in [-0.15, -0.1) is 0 Å². The van der Waals surface area contributed by atoms with Crippen molar-refractivity contribution in [3.8, 4) is 22.5 Å². The molecule has 0 saturated heterocycles. The minimum atomic E-state index is 0.248. The number of nitrogens with two attached hydrogens (primary N) is 1. The van der Waals surface area contributed by atoms with Crippen molar-refractivity contribution in [1.29, 1.82) is 0 Å². The summed E-state index contributed by atoms with van der Waals surface area (Å²) >= 11 is 6.16. The molecule has 0 fully saturated rings. The summed E-state index contributed by atoms with van der Waals surface area (Å²) in [5.41, 5.74) is 9.78. The summed E-state index contributed by atoms with van der Waals surface area (Å²) in [5, 5.41) is 4.74. The normalized spacial score (nSPS) is 10.7. The standard InChI is InChI=1S/C15H12ClN3O/c1-9-10(5-4-6-11(9)16)14-13(15(17)20-19-14)12-7-2-3-8-18-12/h2-8H,17H2,1H3. The zero-order valence-electron chi connectivity index (χ0n) is 10.8. The van der Waals surface area contributed by atoms with Crippen molar-refractivity contribution in [1.82, 2.24) is 10.1 Å². The molecule has 3 aromatic rings. The number of pyridine rings is 1. The van der Waals surface area contributed by atoms with Gasteiger partial charge in [-0.3, -0.25) is 4.98 Å². The number of rotatable bonds is 2. The lowest BCUT2D eigenvalue weighted by Gasteiger charge is -2.06. The summed E-state index contributed by atoms with van der Waals surface area (Å²) in [4.78, 5) is 4.31. The van der Waals surface area contributed by atoms with Gasteiger partial charge in [0, 0.05) is 16.8 Å². The number of halogens is 1. The van der Waals surface area contributed by atoms with Crippen molar-refractivity contribution in [2.75, 3.05) is 5.73 Å². The third kappa shape index (κ3) is 2.04. The molecule has 0 saturated carbocycles. The van der Waals surface area contributed by atoms with Crippen LogP contribution in [0.5, 0.6) is 0 Å². The molecule has 2 heterocycles. The number of hydrogen-bond acceptors (Lipinski definition) is 4. The first-order valence-electron chi connectivity index (χ1n) is 6.10. The summed E-state index contributed by atoms with van der Waals surface area (Å²) < 4.78 is 5.14. The van der Waals surface area contributed by atoms with Crippen LogP contribution in [0.25, 0.3) is 22.5 Å². The van der Waals surface area contributed by atoms with Crippen molar-refractivity contribution in [2.45, 2.75) is 6.92 Å². The van der Waals surface area contributed by atoms with Crippen molar-refractivity contribution in [3.63, 3.8) is 0 Å². The third-order valence-electron chi connectivity index (χ3n) is 3.16. The first kappa shape index (κ1) is 12.7. The predicted molar refractivity (Wildman–Crippen MR) is 79.3 cm³/mol. The molecule has 0 amide bonds. The molecule has 0 aliphatic carbocycles. The van der Waals surface area contributed by atoms with Gasteiger partial charge >= 0.3 is 0 Å². The SMILES string of the molecule is Cc1c(Cl)cccc1-c1noc(N)c1-c1ccccn1. The minimum Gasteiger partial charge on any atom is -0.367 e. The van der Waals surface area contributed by atoms with Gasteiger partial charge in [-0.1, -0.05) is 35.0 Å². The molecule has 2 aromatic heterocycles. The molecular weight excluding hydrogens is 274 g/mol. The Bertz CT molecular complexity index is 753. The Kier molecular flexibility index (Phi) is 3.16. The maximum absolute atomic E-state index is 6.16. The Morgan fingerprint density at radius 2 is 2.00 bits per heavy atom. The fourth-order valence-electron chi connectivity index (χ4n) is 2.11. The predicted octanol–water partition coefficient (Wildman–Crippen LogP) is 3.95. The summed E-state index contributed by atoms with van der Waals surface area (Å²) in [6.07, 6.45) is 1.70. The number of nitrogens with zero attached hydrogens (tertiary/aromatic N) is 2. The molecule has 2 N–H and O–H groups in total. The molecule has 0 spiro atoms. The van der Waals surface area contributed by atoms with Gasteiger partial charge in [-0.05, 0) is 30.7 Å².